The number of nitrogens with zero attached hydrogens (tertiary/aromatic N) is 3. The highest BCUT2D eigenvalue weighted by Gasteiger charge is 2.16. The molecule has 0 aliphatic carbocycles. The summed E-state index contributed by atoms with van der Waals surface area (Å²) in [4.78, 5) is 11.5. The van der Waals surface area contributed by atoms with Gasteiger partial charge in [-0.2, -0.15) is 0 Å². The van der Waals surface area contributed by atoms with Gasteiger partial charge in [-0.15, -0.1) is 5.10 Å². The number of carbonyl (C=O) groups excluding carboxylic acids is 1. The highest BCUT2D eigenvalue weighted by Crippen LogP contribution is 2.06. The smallest absolute Gasteiger partial charge is 0.407 e. The van der Waals surface area contributed by atoms with Crippen LogP contribution in [0.4, 0.5) is 4.79 Å². The van der Waals surface area contributed by atoms with Gasteiger partial charge in [-0.05, 0) is 27.7 Å². The molecule has 8 nitrogen and oxygen atoms in total. The minimum absolute atomic E-state index is 0.0342. The number of nitrogens with one attached hydrogen (secondary N) is 2. The van der Waals surface area contributed by atoms with E-state index in [-0.39, 0.29) is 12.6 Å². The summed E-state index contributed by atoms with van der Waals surface area (Å²) < 4.78 is 6.74. The fraction of sp³-hybridized carbons (Fsp3) is 0.769. The van der Waals surface area contributed by atoms with Gasteiger partial charge in [-0.25, -0.2) is 9.48 Å². The van der Waals surface area contributed by atoms with Crippen molar-refractivity contribution in [2.45, 2.75) is 52.4 Å². The number of carbonyl (C=O) groups is 1. The maximum atomic E-state index is 11.5. The summed E-state index contributed by atoms with van der Waals surface area (Å²) in [5.74, 6) is 0. The molecule has 1 aromatic heterocycles. The number of aliphatic hydroxyl groups excluding tert-OH is 1. The van der Waals surface area contributed by atoms with E-state index in [1.54, 1.807) is 10.9 Å². The van der Waals surface area contributed by atoms with Crippen molar-refractivity contribution in [2.75, 3.05) is 13.2 Å². The van der Waals surface area contributed by atoms with Gasteiger partial charge in [0.1, 0.15) is 5.60 Å². The van der Waals surface area contributed by atoms with E-state index in [1.807, 2.05) is 27.7 Å². The van der Waals surface area contributed by atoms with Gasteiger partial charge < -0.3 is 20.5 Å². The van der Waals surface area contributed by atoms with Crippen LogP contribution in [0.25, 0.3) is 0 Å². The standard InChI is InChI=1S/C13H25N5O3/c1-10(7-15-12(20)21-13(2,3)4)14-8-11-9-18(5-6-19)17-16-11/h9-10,14,19H,5-8H2,1-4H3,(H,15,20). The zero-order chi connectivity index (χ0) is 15.9. The SMILES string of the molecule is CC(CNC(=O)OC(C)(C)C)NCc1cn(CCO)nn1. The number of alkyl carbamates (subject to hydrolysis) is 1. The third-order valence-corrected chi connectivity index (χ3v) is 2.50. The summed E-state index contributed by atoms with van der Waals surface area (Å²) in [6.07, 6.45) is 1.35. The van der Waals surface area contributed by atoms with Crippen LogP contribution >= 0.6 is 0 Å². The van der Waals surface area contributed by atoms with Crippen LogP contribution in [-0.4, -0.2) is 51.0 Å². The highest BCUT2D eigenvalue weighted by molar-refractivity contribution is 5.67. The molecule has 0 aliphatic rings. The van der Waals surface area contributed by atoms with Gasteiger partial charge in [0.15, 0.2) is 0 Å². The second-order valence-electron chi connectivity index (χ2n) is 5.86. The Kier molecular flexibility index (Phi) is 6.57. The van der Waals surface area contributed by atoms with Crippen molar-refractivity contribution < 1.29 is 14.6 Å². The van der Waals surface area contributed by atoms with E-state index in [0.717, 1.165) is 5.69 Å². The summed E-state index contributed by atoms with van der Waals surface area (Å²) in [6, 6.07) is 0.0699. The topological polar surface area (TPSA) is 101 Å². The molecule has 3 N–H and O–H groups in total. The van der Waals surface area contributed by atoms with Gasteiger partial charge in [0.2, 0.25) is 0 Å². The molecular formula is C13H25N5O3. The molecule has 0 bridgehead atoms. The van der Waals surface area contributed by atoms with Crippen LogP contribution in [0.15, 0.2) is 6.20 Å². The average molecular weight is 299 g/mol. The molecule has 1 aromatic rings. The molecule has 1 rings (SSSR count). The molecule has 1 heterocycles. The Labute approximate surface area is 124 Å². The summed E-state index contributed by atoms with van der Waals surface area (Å²) in [7, 11) is 0. The predicted octanol–water partition coefficient (Wildman–Crippen LogP) is 0.273. The van der Waals surface area contributed by atoms with Crippen molar-refractivity contribution in [1.29, 1.82) is 0 Å². The average Bonchev–Trinajstić information content (AvgIpc) is 2.80. The van der Waals surface area contributed by atoms with Crippen molar-refractivity contribution in [3.63, 3.8) is 0 Å². The van der Waals surface area contributed by atoms with E-state index in [1.165, 1.54) is 0 Å². The Morgan fingerprint density at radius 1 is 1.52 bits per heavy atom. The van der Waals surface area contributed by atoms with Gasteiger partial charge in [-0.1, -0.05) is 5.21 Å². The maximum absolute atomic E-state index is 11.5. The van der Waals surface area contributed by atoms with Gasteiger partial charge >= 0.3 is 6.09 Å². The zero-order valence-corrected chi connectivity index (χ0v) is 13.1. The van der Waals surface area contributed by atoms with Crippen LogP contribution in [0, 0.1) is 0 Å². The molecule has 8 heteroatoms. The highest BCUT2D eigenvalue weighted by atomic mass is 16.6. The molecule has 0 saturated heterocycles. The number of hydrogen-bond acceptors (Lipinski definition) is 6. The summed E-state index contributed by atoms with van der Waals surface area (Å²) in [6.45, 7) is 8.89. The fourth-order valence-electron chi connectivity index (χ4n) is 1.53. The van der Waals surface area contributed by atoms with Crippen LogP contribution < -0.4 is 10.6 Å². The molecule has 0 fully saturated rings. The van der Waals surface area contributed by atoms with Crippen LogP contribution in [0.3, 0.4) is 0 Å². The van der Waals surface area contributed by atoms with Crippen LogP contribution in [-0.2, 0) is 17.8 Å². The van der Waals surface area contributed by atoms with Crippen LogP contribution in [0.1, 0.15) is 33.4 Å². The first-order valence-corrected chi connectivity index (χ1v) is 7.00. The summed E-state index contributed by atoms with van der Waals surface area (Å²) in [5.41, 5.74) is 0.291. The van der Waals surface area contributed by atoms with Crippen LogP contribution in [0.2, 0.25) is 0 Å². The zero-order valence-electron chi connectivity index (χ0n) is 13.1. The number of rotatable bonds is 7. The Balaban J connectivity index is 2.24. The van der Waals surface area contributed by atoms with Gasteiger partial charge in [0, 0.05) is 25.3 Å². The molecule has 120 valence electrons. The minimum Gasteiger partial charge on any atom is -0.444 e. The molecular weight excluding hydrogens is 274 g/mol. The molecule has 1 amide bonds. The van der Waals surface area contributed by atoms with Gasteiger partial charge in [0.25, 0.3) is 0 Å². The van der Waals surface area contributed by atoms with Crippen molar-refractivity contribution in [3.05, 3.63) is 11.9 Å². The summed E-state index contributed by atoms with van der Waals surface area (Å²) >= 11 is 0. The Bertz CT molecular complexity index is 441. The predicted molar refractivity (Wildman–Crippen MR) is 77.6 cm³/mol. The minimum atomic E-state index is -0.494. The number of amides is 1. The van der Waals surface area contributed by atoms with Crippen molar-refractivity contribution in [2.24, 2.45) is 0 Å². The molecule has 0 spiro atoms. The lowest BCUT2D eigenvalue weighted by Crippen LogP contribution is -2.41. The number of ether oxygens (including phenoxy) is 1. The lowest BCUT2D eigenvalue weighted by atomic mass is 10.2. The first-order chi connectivity index (χ1) is 9.80. The second kappa shape index (κ2) is 7.94. The molecule has 1 atom stereocenters. The van der Waals surface area contributed by atoms with E-state index >= 15 is 0 Å². The first-order valence-electron chi connectivity index (χ1n) is 7.00. The fourth-order valence-corrected chi connectivity index (χ4v) is 1.53. The summed E-state index contributed by atoms with van der Waals surface area (Å²) in [5, 5.41) is 22.6. The normalized spacial score (nSPS) is 13.0. The quantitative estimate of drug-likeness (QED) is 0.668. The lowest BCUT2D eigenvalue weighted by Gasteiger charge is -2.21. The first kappa shape index (κ1) is 17.4. The Hall–Kier alpha value is -1.67. The van der Waals surface area contributed by atoms with E-state index in [4.69, 9.17) is 9.84 Å². The molecule has 21 heavy (non-hydrogen) atoms. The van der Waals surface area contributed by atoms with Crippen molar-refractivity contribution >= 4 is 6.09 Å². The number of aliphatic hydroxyl groups is 1. The monoisotopic (exact) mass is 299 g/mol. The lowest BCUT2D eigenvalue weighted by molar-refractivity contribution is 0.0523. The Morgan fingerprint density at radius 2 is 2.24 bits per heavy atom. The molecule has 1 unspecified atom stereocenters. The van der Waals surface area contributed by atoms with Crippen molar-refractivity contribution in [3.8, 4) is 0 Å². The van der Waals surface area contributed by atoms with E-state index < -0.39 is 11.7 Å². The molecule has 0 aliphatic heterocycles. The van der Waals surface area contributed by atoms with E-state index in [0.29, 0.717) is 19.6 Å². The molecule has 0 radical (unpaired) electrons. The molecule has 0 aromatic carbocycles. The number of aromatic nitrogens is 3. The maximum Gasteiger partial charge on any atom is 0.407 e. The van der Waals surface area contributed by atoms with E-state index in [9.17, 15) is 4.79 Å². The van der Waals surface area contributed by atoms with E-state index in [2.05, 4.69) is 20.9 Å². The second-order valence-corrected chi connectivity index (χ2v) is 5.86. The van der Waals surface area contributed by atoms with Gasteiger partial charge in [0.05, 0.1) is 18.8 Å². The third-order valence-electron chi connectivity index (χ3n) is 2.50. The van der Waals surface area contributed by atoms with Crippen LogP contribution in [0.5, 0.6) is 0 Å². The largest absolute Gasteiger partial charge is 0.444 e. The van der Waals surface area contributed by atoms with Gasteiger partial charge in [-0.3, -0.25) is 0 Å². The third kappa shape index (κ3) is 7.62. The molecule has 0 saturated carbocycles. The number of hydrogen-bond donors (Lipinski definition) is 3. The Morgan fingerprint density at radius 3 is 2.86 bits per heavy atom. The van der Waals surface area contributed by atoms with Crippen molar-refractivity contribution in [1.82, 2.24) is 25.6 Å².